The molecule has 2 rings (SSSR count). The number of hydrogen-bond acceptors (Lipinski definition) is 2. The number of aromatic nitrogens is 2. The number of hydrogen-bond donors (Lipinski definition) is 0. The van der Waals surface area contributed by atoms with Gasteiger partial charge in [-0.15, -0.1) is 0 Å². The van der Waals surface area contributed by atoms with Crippen LogP contribution in [0.5, 0.6) is 5.75 Å². The number of ether oxygens (including phenoxy) is 1. The lowest BCUT2D eigenvalue weighted by Crippen LogP contribution is -2.00. The first-order chi connectivity index (χ1) is 8.54. The second kappa shape index (κ2) is 5.16. The van der Waals surface area contributed by atoms with Crippen LogP contribution in [0.15, 0.2) is 30.6 Å². The third kappa shape index (κ3) is 3.06. The molecule has 0 N–H and O–H groups in total. The molecule has 0 amide bonds. The molecule has 2 aromatic rings. The van der Waals surface area contributed by atoms with Gasteiger partial charge in [-0.3, -0.25) is 4.68 Å². The predicted octanol–water partition coefficient (Wildman–Crippen LogP) is 3.32. The number of nitrogens with zero attached hydrogens (tertiary/aromatic N) is 2. The van der Waals surface area contributed by atoms with Crippen LogP contribution in [0.25, 0.3) is 0 Å². The van der Waals surface area contributed by atoms with Crippen molar-refractivity contribution in [1.82, 2.24) is 9.78 Å². The molecule has 3 nitrogen and oxygen atoms in total. The average Bonchev–Trinajstić information content (AvgIpc) is 2.73. The Hall–Kier alpha value is -1.91. The van der Waals surface area contributed by atoms with Gasteiger partial charge in [0, 0.05) is 12.1 Å². The van der Waals surface area contributed by atoms with Gasteiger partial charge in [-0.1, -0.05) is 0 Å². The summed E-state index contributed by atoms with van der Waals surface area (Å²) in [6.45, 7) is 4.11. The summed E-state index contributed by atoms with van der Waals surface area (Å²) >= 11 is 0. The zero-order chi connectivity index (χ0) is 13.1. The molecular formula is C13H14F2N2O. The second-order valence-corrected chi connectivity index (χ2v) is 4.32. The highest BCUT2D eigenvalue weighted by atomic mass is 19.1. The van der Waals surface area contributed by atoms with E-state index in [2.05, 4.69) is 5.10 Å². The maximum atomic E-state index is 13.0. The molecule has 0 aliphatic carbocycles. The second-order valence-electron chi connectivity index (χ2n) is 4.32. The Morgan fingerprint density at radius 1 is 1.22 bits per heavy atom. The van der Waals surface area contributed by atoms with Crippen LogP contribution >= 0.6 is 0 Å². The zero-order valence-electron chi connectivity index (χ0n) is 10.2. The minimum atomic E-state index is -0.605. The van der Waals surface area contributed by atoms with Gasteiger partial charge in [-0.2, -0.15) is 5.10 Å². The van der Waals surface area contributed by atoms with E-state index in [-0.39, 0.29) is 12.6 Å². The lowest BCUT2D eigenvalue weighted by Gasteiger charge is -2.05. The van der Waals surface area contributed by atoms with Crippen molar-refractivity contribution in [2.75, 3.05) is 0 Å². The van der Waals surface area contributed by atoms with Crippen molar-refractivity contribution in [3.8, 4) is 5.75 Å². The molecule has 0 fully saturated rings. The van der Waals surface area contributed by atoms with Gasteiger partial charge in [0.2, 0.25) is 0 Å². The molecule has 0 bridgehead atoms. The molecule has 96 valence electrons. The first-order valence-corrected chi connectivity index (χ1v) is 5.66. The summed E-state index contributed by atoms with van der Waals surface area (Å²) in [5.41, 5.74) is 0.449. The fourth-order valence-electron chi connectivity index (χ4n) is 1.54. The van der Waals surface area contributed by atoms with E-state index in [0.29, 0.717) is 11.3 Å². The third-order valence-electron chi connectivity index (χ3n) is 2.43. The predicted molar refractivity (Wildman–Crippen MR) is 63.3 cm³/mol. The van der Waals surface area contributed by atoms with Gasteiger partial charge < -0.3 is 4.74 Å². The smallest absolute Gasteiger partial charge is 0.157 e. The summed E-state index contributed by atoms with van der Waals surface area (Å²) in [6, 6.07) is 3.57. The Morgan fingerprint density at radius 3 is 2.44 bits per heavy atom. The SMILES string of the molecule is CC(C)n1cc(OCc2cc(F)cc(F)c2)cn1. The highest BCUT2D eigenvalue weighted by molar-refractivity contribution is 5.19. The number of benzene rings is 1. The molecule has 1 heterocycles. The average molecular weight is 252 g/mol. The highest BCUT2D eigenvalue weighted by Crippen LogP contribution is 2.15. The van der Waals surface area contributed by atoms with Gasteiger partial charge in [0.1, 0.15) is 18.2 Å². The molecule has 0 saturated carbocycles. The van der Waals surface area contributed by atoms with E-state index in [4.69, 9.17) is 4.74 Å². The lowest BCUT2D eigenvalue weighted by atomic mass is 10.2. The Balaban J connectivity index is 2.02. The first kappa shape index (κ1) is 12.5. The van der Waals surface area contributed by atoms with E-state index < -0.39 is 11.6 Å². The van der Waals surface area contributed by atoms with Crippen LogP contribution < -0.4 is 4.74 Å². The van der Waals surface area contributed by atoms with E-state index in [1.54, 1.807) is 17.1 Å². The Bertz CT molecular complexity index is 517. The van der Waals surface area contributed by atoms with Crippen LogP contribution in [-0.4, -0.2) is 9.78 Å². The number of rotatable bonds is 4. The van der Waals surface area contributed by atoms with Crippen molar-refractivity contribution in [1.29, 1.82) is 0 Å². The molecule has 5 heteroatoms. The van der Waals surface area contributed by atoms with E-state index >= 15 is 0 Å². The van der Waals surface area contributed by atoms with Gasteiger partial charge in [0.05, 0.1) is 12.4 Å². The van der Waals surface area contributed by atoms with Crippen molar-refractivity contribution in [3.05, 3.63) is 47.8 Å². The molecule has 0 spiro atoms. The minimum Gasteiger partial charge on any atom is -0.486 e. The van der Waals surface area contributed by atoms with Crippen LogP contribution in [0.1, 0.15) is 25.5 Å². The summed E-state index contributed by atoms with van der Waals surface area (Å²) in [5.74, 6) is -0.633. The first-order valence-electron chi connectivity index (χ1n) is 5.66. The zero-order valence-corrected chi connectivity index (χ0v) is 10.2. The molecule has 0 unspecified atom stereocenters. The van der Waals surface area contributed by atoms with E-state index in [0.717, 1.165) is 6.07 Å². The van der Waals surface area contributed by atoms with Crippen LogP contribution in [0.2, 0.25) is 0 Å². The maximum absolute atomic E-state index is 13.0. The quantitative estimate of drug-likeness (QED) is 0.834. The van der Waals surface area contributed by atoms with Crippen LogP contribution in [0, 0.1) is 11.6 Å². The molecule has 1 aromatic carbocycles. The standard InChI is InChI=1S/C13H14F2N2O/c1-9(2)17-7-13(6-16-17)18-8-10-3-11(14)5-12(15)4-10/h3-7,9H,8H2,1-2H3. The topological polar surface area (TPSA) is 27.1 Å². The maximum Gasteiger partial charge on any atom is 0.157 e. The summed E-state index contributed by atoms with van der Waals surface area (Å²) in [7, 11) is 0. The molecule has 0 aliphatic rings. The van der Waals surface area contributed by atoms with Gasteiger partial charge in [0.15, 0.2) is 5.75 Å². The van der Waals surface area contributed by atoms with Crippen molar-refractivity contribution < 1.29 is 13.5 Å². The molecule has 0 radical (unpaired) electrons. The van der Waals surface area contributed by atoms with Gasteiger partial charge in [0.25, 0.3) is 0 Å². The largest absolute Gasteiger partial charge is 0.486 e. The Labute approximate surface area is 104 Å². The minimum absolute atomic E-state index is 0.110. The fraction of sp³-hybridized carbons (Fsp3) is 0.308. The van der Waals surface area contributed by atoms with Crippen molar-refractivity contribution in [2.24, 2.45) is 0 Å². The van der Waals surface area contributed by atoms with Crippen LogP contribution in [0.4, 0.5) is 8.78 Å². The van der Waals surface area contributed by atoms with Gasteiger partial charge in [-0.25, -0.2) is 8.78 Å². The highest BCUT2D eigenvalue weighted by Gasteiger charge is 2.04. The fourth-order valence-corrected chi connectivity index (χ4v) is 1.54. The van der Waals surface area contributed by atoms with Crippen molar-refractivity contribution in [2.45, 2.75) is 26.5 Å². The van der Waals surface area contributed by atoms with E-state index in [1.165, 1.54) is 12.1 Å². The Morgan fingerprint density at radius 2 is 1.89 bits per heavy atom. The van der Waals surface area contributed by atoms with Crippen molar-refractivity contribution in [3.63, 3.8) is 0 Å². The Kier molecular flexibility index (Phi) is 3.60. The molecule has 0 saturated heterocycles. The molecule has 0 aliphatic heterocycles. The molecule has 1 aromatic heterocycles. The molecule has 18 heavy (non-hydrogen) atoms. The summed E-state index contributed by atoms with van der Waals surface area (Å²) in [6.07, 6.45) is 3.33. The van der Waals surface area contributed by atoms with Crippen LogP contribution in [0.3, 0.4) is 0 Å². The number of halogens is 2. The third-order valence-corrected chi connectivity index (χ3v) is 2.43. The van der Waals surface area contributed by atoms with Gasteiger partial charge >= 0.3 is 0 Å². The molecular weight excluding hydrogens is 238 g/mol. The van der Waals surface area contributed by atoms with Crippen LogP contribution in [-0.2, 0) is 6.61 Å². The van der Waals surface area contributed by atoms with Gasteiger partial charge in [-0.05, 0) is 31.5 Å². The summed E-state index contributed by atoms with van der Waals surface area (Å²) in [5, 5.41) is 4.11. The normalized spacial score (nSPS) is 10.9. The molecule has 0 atom stereocenters. The van der Waals surface area contributed by atoms with Crippen molar-refractivity contribution >= 4 is 0 Å². The summed E-state index contributed by atoms with van der Waals surface area (Å²) in [4.78, 5) is 0. The van der Waals surface area contributed by atoms with E-state index in [9.17, 15) is 8.78 Å². The van der Waals surface area contributed by atoms with E-state index in [1.807, 2.05) is 13.8 Å². The monoisotopic (exact) mass is 252 g/mol. The lowest BCUT2D eigenvalue weighted by molar-refractivity contribution is 0.304. The summed E-state index contributed by atoms with van der Waals surface area (Å²) < 4.78 is 33.1.